The van der Waals surface area contributed by atoms with E-state index in [4.69, 9.17) is 0 Å². The Morgan fingerprint density at radius 1 is 1.29 bits per heavy atom. The summed E-state index contributed by atoms with van der Waals surface area (Å²) in [6.07, 6.45) is -0.419. The minimum absolute atomic E-state index is 0.0528. The number of hydrogen-bond acceptors (Lipinski definition) is 3. The predicted octanol–water partition coefficient (Wildman–Crippen LogP) is 2.21. The van der Waals surface area contributed by atoms with Gasteiger partial charge in [-0.25, -0.2) is 18.7 Å². The second-order valence-corrected chi connectivity index (χ2v) is 4.14. The molecule has 2 aromatic heterocycles. The zero-order valence-corrected chi connectivity index (χ0v) is 9.08. The van der Waals surface area contributed by atoms with Crippen LogP contribution >= 0.6 is 0 Å². The van der Waals surface area contributed by atoms with Gasteiger partial charge in [0.05, 0.1) is 0 Å². The zero-order valence-electron chi connectivity index (χ0n) is 9.08. The maximum absolute atomic E-state index is 12.6. The highest BCUT2D eigenvalue weighted by Crippen LogP contribution is 2.23. The zero-order chi connectivity index (χ0) is 11.8. The lowest BCUT2D eigenvalue weighted by Gasteiger charge is -2.16. The molecule has 0 radical (unpaired) electrons. The summed E-state index contributed by atoms with van der Waals surface area (Å²) >= 11 is 0. The number of aromatic nitrogens is 2. The Morgan fingerprint density at radius 2 is 2.18 bits per heavy atom. The standard InChI is InChI=1S/C12H11F2N3/c13-11(14)9-4-7-3-8-5-15-2-1-10(8)17-12(7)16-6-9/h3-4,6,11,15H,1-2,5H2. The van der Waals surface area contributed by atoms with Crippen molar-refractivity contribution in [2.24, 2.45) is 0 Å². The van der Waals surface area contributed by atoms with Gasteiger partial charge in [0, 0.05) is 42.4 Å². The van der Waals surface area contributed by atoms with Crippen molar-refractivity contribution in [3.8, 4) is 0 Å². The monoisotopic (exact) mass is 235 g/mol. The van der Waals surface area contributed by atoms with Crippen molar-refractivity contribution in [2.45, 2.75) is 19.4 Å². The molecule has 5 heteroatoms. The van der Waals surface area contributed by atoms with E-state index in [9.17, 15) is 8.78 Å². The summed E-state index contributed by atoms with van der Waals surface area (Å²) in [6.45, 7) is 1.65. The number of pyridine rings is 2. The van der Waals surface area contributed by atoms with E-state index in [0.717, 1.165) is 30.8 Å². The molecule has 17 heavy (non-hydrogen) atoms. The van der Waals surface area contributed by atoms with Crippen LogP contribution < -0.4 is 5.32 Å². The topological polar surface area (TPSA) is 37.8 Å². The maximum atomic E-state index is 12.6. The van der Waals surface area contributed by atoms with E-state index < -0.39 is 6.43 Å². The van der Waals surface area contributed by atoms with Crippen LogP contribution in [-0.4, -0.2) is 16.5 Å². The molecule has 1 N–H and O–H groups in total. The summed E-state index contributed by atoms with van der Waals surface area (Å²) in [6, 6.07) is 3.37. The van der Waals surface area contributed by atoms with Crippen LogP contribution in [0.25, 0.3) is 11.0 Å². The summed E-state index contributed by atoms with van der Waals surface area (Å²) < 4.78 is 25.1. The lowest BCUT2D eigenvalue weighted by molar-refractivity contribution is 0.151. The van der Waals surface area contributed by atoms with E-state index in [0.29, 0.717) is 11.0 Å². The molecule has 0 atom stereocenters. The van der Waals surface area contributed by atoms with Crippen molar-refractivity contribution in [1.82, 2.24) is 15.3 Å². The molecule has 0 spiro atoms. The Hall–Kier alpha value is -1.62. The lowest BCUT2D eigenvalue weighted by atomic mass is 10.1. The van der Waals surface area contributed by atoms with Crippen LogP contribution in [0.3, 0.4) is 0 Å². The average Bonchev–Trinajstić information content (AvgIpc) is 2.35. The van der Waals surface area contributed by atoms with E-state index in [1.54, 1.807) is 0 Å². The van der Waals surface area contributed by atoms with Crippen LogP contribution in [0.15, 0.2) is 18.3 Å². The lowest BCUT2D eigenvalue weighted by Crippen LogP contribution is -2.24. The molecule has 0 amide bonds. The first-order chi connectivity index (χ1) is 8.24. The van der Waals surface area contributed by atoms with Gasteiger partial charge in [-0.15, -0.1) is 0 Å². The van der Waals surface area contributed by atoms with Gasteiger partial charge in [0.1, 0.15) is 0 Å². The van der Waals surface area contributed by atoms with E-state index in [1.807, 2.05) is 6.07 Å². The Labute approximate surface area is 96.9 Å². The third-order valence-electron chi connectivity index (χ3n) is 2.96. The van der Waals surface area contributed by atoms with Gasteiger partial charge in [-0.05, 0) is 17.7 Å². The van der Waals surface area contributed by atoms with E-state index in [1.165, 1.54) is 12.3 Å². The molecular formula is C12H11F2N3. The highest BCUT2D eigenvalue weighted by molar-refractivity contribution is 5.76. The smallest absolute Gasteiger partial charge is 0.265 e. The highest BCUT2D eigenvalue weighted by atomic mass is 19.3. The van der Waals surface area contributed by atoms with Crippen LogP contribution in [0.2, 0.25) is 0 Å². The van der Waals surface area contributed by atoms with Crippen molar-refractivity contribution in [2.75, 3.05) is 6.54 Å². The SMILES string of the molecule is FC(F)c1cnc2nc3c(cc2c1)CNCC3. The van der Waals surface area contributed by atoms with Crippen molar-refractivity contribution in [3.63, 3.8) is 0 Å². The normalized spacial score (nSPS) is 15.2. The van der Waals surface area contributed by atoms with Crippen molar-refractivity contribution >= 4 is 11.0 Å². The molecule has 0 bridgehead atoms. The van der Waals surface area contributed by atoms with Crippen LogP contribution in [0.5, 0.6) is 0 Å². The first-order valence-electron chi connectivity index (χ1n) is 5.51. The second kappa shape index (κ2) is 4.00. The van der Waals surface area contributed by atoms with E-state index in [-0.39, 0.29) is 5.56 Å². The summed E-state index contributed by atoms with van der Waals surface area (Å²) in [7, 11) is 0. The molecule has 88 valence electrons. The minimum atomic E-state index is -2.49. The fraction of sp³-hybridized carbons (Fsp3) is 0.333. The van der Waals surface area contributed by atoms with Crippen molar-refractivity contribution in [1.29, 1.82) is 0 Å². The third-order valence-corrected chi connectivity index (χ3v) is 2.96. The van der Waals surface area contributed by atoms with E-state index >= 15 is 0 Å². The summed E-state index contributed by atoms with van der Waals surface area (Å²) in [4.78, 5) is 8.42. The molecule has 0 unspecified atom stereocenters. The average molecular weight is 235 g/mol. The number of rotatable bonds is 1. The quantitative estimate of drug-likeness (QED) is 0.823. The number of halogens is 2. The van der Waals surface area contributed by atoms with Gasteiger partial charge in [0.2, 0.25) is 0 Å². The molecule has 3 heterocycles. The summed E-state index contributed by atoms with van der Waals surface area (Å²) in [5.74, 6) is 0. The Balaban J connectivity index is 2.16. The first kappa shape index (κ1) is 10.5. The van der Waals surface area contributed by atoms with Crippen LogP contribution in [0.1, 0.15) is 23.2 Å². The van der Waals surface area contributed by atoms with E-state index in [2.05, 4.69) is 15.3 Å². The molecular weight excluding hydrogens is 224 g/mol. The van der Waals surface area contributed by atoms with Crippen molar-refractivity contribution in [3.05, 3.63) is 35.2 Å². The molecule has 0 aromatic carbocycles. The third kappa shape index (κ3) is 1.86. The van der Waals surface area contributed by atoms with Gasteiger partial charge >= 0.3 is 0 Å². The second-order valence-electron chi connectivity index (χ2n) is 4.14. The Bertz CT molecular complexity index is 569. The highest BCUT2D eigenvalue weighted by Gasteiger charge is 2.14. The van der Waals surface area contributed by atoms with Crippen LogP contribution in [0, 0.1) is 0 Å². The molecule has 3 nitrogen and oxygen atoms in total. The number of hydrogen-bond donors (Lipinski definition) is 1. The summed E-state index contributed by atoms with van der Waals surface area (Å²) in [5.41, 5.74) is 2.60. The van der Waals surface area contributed by atoms with Gasteiger partial charge in [-0.1, -0.05) is 0 Å². The largest absolute Gasteiger partial charge is 0.312 e. The minimum Gasteiger partial charge on any atom is -0.312 e. The molecule has 1 aliphatic rings. The Kier molecular flexibility index (Phi) is 2.48. The Morgan fingerprint density at radius 3 is 3.00 bits per heavy atom. The first-order valence-corrected chi connectivity index (χ1v) is 5.51. The number of alkyl halides is 2. The van der Waals surface area contributed by atoms with Crippen LogP contribution in [0.4, 0.5) is 8.78 Å². The molecule has 0 fully saturated rings. The maximum Gasteiger partial charge on any atom is 0.265 e. The van der Waals surface area contributed by atoms with Gasteiger partial charge in [-0.3, -0.25) is 0 Å². The fourth-order valence-electron chi connectivity index (χ4n) is 2.08. The van der Waals surface area contributed by atoms with Gasteiger partial charge < -0.3 is 5.32 Å². The molecule has 0 saturated carbocycles. The number of nitrogens with one attached hydrogen (secondary N) is 1. The van der Waals surface area contributed by atoms with Gasteiger partial charge in [-0.2, -0.15) is 0 Å². The molecule has 1 aliphatic heterocycles. The molecule has 3 rings (SSSR count). The number of nitrogens with zero attached hydrogens (tertiary/aromatic N) is 2. The number of fused-ring (bicyclic) bond motifs is 2. The summed E-state index contributed by atoms with van der Waals surface area (Å²) in [5, 5.41) is 3.92. The van der Waals surface area contributed by atoms with Gasteiger partial charge in [0.15, 0.2) is 5.65 Å². The predicted molar refractivity (Wildman–Crippen MR) is 59.9 cm³/mol. The van der Waals surface area contributed by atoms with Gasteiger partial charge in [0.25, 0.3) is 6.43 Å². The van der Waals surface area contributed by atoms with Crippen LogP contribution in [-0.2, 0) is 13.0 Å². The molecule has 0 saturated heterocycles. The fourth-order valence-corrected chi connectivity index (χ4v) is 2.08. The van der Waals surface area contributed by atoms with Crippen molar-refractivity contribution < 1.29 is 8.78 Å². The molecule has 0 aliphatic carbocycles. The molecule has 2 aromatic rings.